The zero-order chi connectivity index (χ0) is 21.4. The predicted molar refractivity (Wildman–Crippen MR) is 116 cm³/mol. The molecule has 0 amide bonds. The molecule has 1 fully saturated rings. The summed E-state index contributed by atoms with van der Waals surface area (Å²) in [6.45, 7) is 0. The maximum Gasteiger partial charge on any atom is 0.213 e. The van der Waals surface area contributed by atoms with Crippen molar-refractivity contribution in [2.24, 2.45) is 0 Å². The molecule has 1 saturated carbocycles. The first kappa shape index (κ1) is 20.1. The van der Waals surface area contributed by atoms with Crippen LogP contribution in [0.15, 0.2) is 42.6 Å². The molecule has 0 bridgehead atoms. The van der Waals surface area contributed by atoms with Gasteiger partial charge < -0.3 is 9.64 Å². The summed E-state index contributed by atoms with van der Waals surface area (Å²) in [5, 5.41) is 9.22. The number of pyridine rings is 1. The molecule has 3 aromatic rings. The van der Waals surface area contributed by atoms with E-state index >= 15 is 0 Å². The monoisotopic (exact) mass is 421 g/mol. The van der Waals surface area contributed by atoms with Crippen LogP contribution in [0.1, 0.15) is 48.8 Å². The van der Waals surface area contributed by atoms with Crippen molar-refractivity contribution in [3.63, 3.8) is 0 Å². The summed E-state index contributed by atoms with van der Waals surface area (Å²) in [7, 11) is 4.14. The van der Waals surface area contributed by atoms with E-state index < -0.39 is 0 Å². The van der Waals surface area contributed by atoms with Gasteiger partial charge >= 0.3 is 0 Å². The highest BCUT2D eigenvalue weighted by Gasteiger charge is 2.32. The molecule has 0 saturated heterocycles. The first-order valence-corrected chi connectivity index (χ1v) is 11.1. The maximum absolute atomic E-state index is 14.1. The third-order valence-corrected chi connectivity index (χ3v) is 6.61. The zero-order valence-corrected chi connectivity index (χ0v) is 18.0. The standard InChI is InChI=1S/C24H28FN5O/c1-29(2)19-14-17-13-18(25)8-11-21(17)30-22(15-19)27-28-24(30)16-6-9-20(10-7-16)31-23-5-3-4-12-26-23/h3-5,8,11-13,16,19-20H,6-7,9-10,14-15H2,1-2H3. The number of benzene rings is 1. The van der Waals surface area contributed by atoms with Gasteiger partial charge in [-0.05, 0) is 76.0 Å². The Morgan fingerprint density at radius 2 is 1.87 bits per heavy atom. The summed E-state index contributed by atoms with van der Waals surface area (Å²) >= 11 is 0. The molecular formula is C24H28FN5O. The Hall–Kier alpha value is -2.80. The molecule has 5 rings (SSSR count). The lowest BCUT2D eigenvalue weighted by Gasteiger charge is -2.28. The maximum atomic E-state index is 14.1. The third kappa shape index (κ3) is 4.06. The van der Waals surface area contributed by atoms with Crippen molar-refractivity contribution < 1.29 is 9.13 Å². The van der Waals surface area contributed by atoms with Crippen LogP contribution in [0.25, 0.3) is 5.69 Å². The molecule has 2 aliphatic rings. The van der Waals surface area contributed by atoms with E-state index in [0.29, 0.717) is 11.8 Å². The quantitative estimate of drug-likeness (QED) is 0.639. The highest BCUT2D eigenvalue weighted by Crippen LogP contribution is 2.36. The van der Waals surface area contributed by atoms with E-state index in [4.69, 9.17) is 4.74 Å². The van der Waals surface area contributed by atoms with Crippen molar-refractivity contribution in [3.8, 4) is 11.6 Å². The van der Waals surface area contributed by atoms with Crippen LogP contribution in [0.3, 0.4) is 0 Å². The van der Waals surface area contributed by atoms with Gasteiger partial charge in [0.15, 0.2) is 0 Å². The van der Waals surface area contributed by atoms with E-state index in [1.165, 1.54) is 0 Å². The van der Waals surface area contributed by atoms with Gasteiger partial charge in [0.25, 0.3) is 0 Å². The van der Waals surface area contributed by atoms with Gasteiger partial charge in [-0.25, -0.2) is 9.37 Å². The average molecular weight is 422 g/mol. The first-order valence-electron chi connectivity index (χ1n) is 11.1. The average Bonchev–Trinajstić information content (AvgIpc) is 3.10. The van der Waals surface area contributed by atoms with Crippen molar-refractivity contribution in [1.29, 1.82) is 0 Å². The number of ether oxygens (including phenoxy) is 1. The van der Waals surface area contributed by atoms with Crippen molar-refractivity contribution in [3.05, 3.63) is 65.6 Å². The number of halogens is 1. The lowest BCUT2D eigenvalue weighted by atomic mass is 9.86. The SMILES string of the molecule is CN(C)C1Cc2cc(F)ccc2-n2c(nnc2C2CCC(Oc3ccccn3)CC2)C1. The Labute approximate surface area is 182 Å². The number of hydrogen-bond donors (Lipinski definition) is 0. The van der Waals surface area contributed by atoms with Crippen LogP contribution in [-0.4, -0.2) is 50.9 Å². The second kappa shape index (κ2) is 8.38. The molecule has 3 heterocycles. The molecule has 1 aliphatic carbocycles. The first-order chi connectivity index (χ1) is 15.1. The third-order valence-electron chi connectivity index (χ3n) is 6.61. The van der Waals surface area contributed by atoms with E-state index in [1.807, 2.05) is 24.3 Å². The Morgan fingerprint density at radius 1 is 1.03 bits per heavy atom. The van der Waals surface area contributed by atoms with Crippen LogP contribution in [0, 0.1) is 5.82 Å². The van der Waals surface area contributed by atoms with E-state index in [2.05, 4.69) is 38.7 Å². The van der Waals surface area contributed by atoms with Crippen molar-refractivity contribution in [2.75, 3.05) is 14.1 Å². The van der Waals surface area contributed by atoms with Gasteiger partial charge in [-0.1, -0.05) is 6.07 Å². The zero-order valence-electron chi connectivity index (χ0n) is 18.0. The summed E-state index contributed by atoms with van der Waals surface area (Å²) in [4.78, 5) is 6.47. The molecule has 0 N–H and O–H groups in total. The largest absolute Gasteiger partial charge is 0.474 e. The topological polar surface area (TPSA) is 56.1 Å². The molecule has 1 aromatic carbocycles. The lowest BCUT2D eigenvalue weighted by molar-refractivity contribution is 0.139. The van der Waals surface area contributed by atoms with E-state index in [-0.39, 0.29) is 18.0 Å². The second-order valence-corrected chi connectivity index (χ2v) is 8.87. The molecule has 6 nitrogen and oxygen atoms in total. The number of nitrogens with zero attached hydrogens (tertiary/aromatic N) is 5. The van der Waals surface area contributed by atoms with Crippen LogP contribution in [0.4, 0.5) is 4.39 Å². The number of rotatable bonds is 4. The summed E-state index contributed by atoms with van der Waals surface area (Å²) in [5.41, 5.74) is 2.04. The Balaban J connectivity index is 1.40. The van der Waals surface area contributed by atoms with Gasteiger partial charge in [-0.15, -0.1) is 10.2 Å². The Bertz CT molecular complexity index is 1040. The highest BCUT2D eigenvalue weighted by molar-refractivity contribution is 5.45. The van der Waals surface area contributed by atoms with Gasteiger partial charge in [-0.2, -0.15) is 0 Å². The van der Waals surface area contributed by atoms with Gasteiger partial charge in [0, 0.05) is 30.6 Å². The molecule has 1 unspecified atom stereocenters. The molecule has 0 radical (unpaired) electrons. The molecule has 162 valence electrons. The summed E-state index contributed by atoms with van der Waals surface area (Å²) in [6.07, 6.45) is 7.43. The smallest absolute Gasteiger partial charge is 0.213 e. The molecule has 1 atom stereocenters. The summed E-state index contributed by atoms with van der Waals surface area (Å²) in [5.74, 6) is 2.78. The number of fused-ring (bicyclic) bond motifs is 3. The highest BCUT2D eigenvalue weighted by atomic mass is 19.1. The normalized spacial score (nSPS) is 23.2. The number of aromatic nitrogens is 4. The summed E-state index contributed by atoms with van der Waals surface area (Å²) < 4.78 is 22.3. The van der Waals surface area contributed by atoms with Crippen LogP contribution in [-0.2, 0) is 12.8 Å². The fourth-order valence-corrected chi connectivity index (χ4v) is 4.85. The van der Waals surface area contributed by atoms with Crippen LogP contribution >= 0.6 is 0 Å². The van der Waals surface area contributed by atoms with E-state index in [0.717, 1.165) is 61.4 Å². The predicted octanol–water partition coefficient (Wildman–Crippen LogP) is 3.94. The Kier molecular flexibility index (Phi) is 5.44. The molecule has 2 aromatic heterocycles. The van der Waals surface area contributed by atoms with Crippen molar-refractivity contribution >= 4 is 0 Å². The fourth-order valence-electron chi connectivity index (χ4n) is 4.85. The van der Waals surface area contributed by atoms with E-state index in [1.54, 1.807) is 18.3 Å². The molecule has 7 heteroatoms. The number of hydrogen-bond acceptors (Lipinski definition) is 5. The minimum atomic E-state index is -0.193. The van der Waals surface area contributed by atoms with Crippen LogP contribution in [0.2, 0.25) is 0 Å². The van der Waals surface area contributed by atoms with Gasteiger partial charge in [-0.3, -0.25) is 4.57 Å². The van der Waals surface area contributed by atoms with Gasteiger partial charge in [0.2, 0.25) is 5.88 Å². The molecule has 1 aliphatic heterocycles. The van der Waals surface area contributed by atoms with Gasteiger partial charge in [0.1, 0.15) is 23.6 Å². The second-order valence-electron chi connectivity index (χ2n) is 8.87. The lowest BCUT2D eigenvalue weighted by Crippen LogP contribution is -2.31. The molecular weight excluding hydrogens is 393 g/mol. The fraction of sp³-hybridized carbons (Fsp3) is 0.458. The van der Waals surface area contributed by atoms with Crippen molar-refractivity contribution in [2.45, 2.75) is 56.6 Å². The van der Waals surface area contributed by atoms with Gasteiger partial charge in [0.05, 0.1) is 5.69 Å². The van der Waals surface area contributed by atoms with Crippen LogP contribution < -0.4 is 4.74 Å². The molecule has 31 heavy (non-hydrogen) atoms. The molecule has 0 spiro atoms. The van der Waals surface area contributed by atoms with Crippen molar-refractivity contribution in [1.82, 2.24) is 24.6 Å². The van der Waals surface area contributed by atoms with Crippen LogP contribution in [0.5, 0.6) is 5.88 Å². The summed E-state index contributed by atoms with van der Waals surface area (Å²) in [6, 6.07) is 11.1. The van der Waals surface area contributed by atoms with E-state index in [9.17, 15) is 4.39 Å². The minimum absolute atomic E-state index is 0.178. The Morgan fingerprint density at radius 3 is 2.61 bits per heavy atom. The number of likely N-dealkylation sites (N-methyl/N-ethyl adjacent to an activating group) is 1. The minimum Gasteiger partial charge on any atom is -0.474 e.